The molecule has 0 aliphatic rings. The normalized spacial score (nSPS) is 12.3. The van der Waals surface area contributed by atoms with Crippen molar-refractivity contribution in [1.29, 1.82) is 0 Å². The van der Waals surface area contributed by atoms with E-state index in [0.717, 1.165) is 29.5 Å². The number of carbonyl (C=O) groups is 2. The number of esters is 1. The van der Waals surface area contributed by atoms with Gasteiger partial charge in [-0.1, -0.05) is 51.3 Å². The van der Waals surface area contributed by atoms with Crippen LogP contribution in [0.4, 0.5) is 0 Å². The molecule has 3 nitrogen and oxygen atoms in total. The summed E-state index contributed by atoms with van der Waals surface area (Å²) in [5.74, 6) is -0.892. The number of unbranched alkanes of at least 4 members (excludes halogenated alkanes) is 1. The van der Waals surface area contributed by atoms with Gasteiger partial charge in [0.1, 0.15) is 5.92 Å². The van der Waals surface area contributed by atoms with E-state index >= 15 is 0 Å². The third kappa shape index (κ3) is 5.49. The largest absolute Gasteiger partial charge is 0.465 e. The Morgan fingerprint density at radius 1 is 1.09 bits per heavy atom. The van der Waals surface area contributed by atoms with Crippen LogP contribution in [0.25, 0.3) is 0 Å². The van der Waals surface area contributed by atoms with Crippen molar-refractivity contribution in [3.8, 4) is 0 Å². The molecule has 1 aromatic carbocycles. The molecule has 0 spiro atoms. The summed E-state index contributed by atoms with van der Waals surface area (Å²) in [6.45, 7) is 12.3. The van der Waals surface area contributed by atoms with Gasteiger partial charge in [0.15, 0.2) is 5.78 Å². The summed E-state index contributed by atoms with van der Waals surface area (Å²) in [4.78, 5) is 25.4. The Balaban J connectivity index is 3.06. The molecule has 1 atom stereocenters. The first-order chi connectivity index (χ1) is 10.8. The quantitative estimate of drug-likeness (QED) is 0.393. The van der Waals surface area contributed by atoms with E-state index in [1.54, 1.807) is 0 Å². The zero-order valence-electron chi connectivity index (χ0n) is 15.4. The molecule has 0 amide bonds. The number of aryl methyl sites for hydroxylation is 3. The Hall–Kier alpha value is -1.64. The fourth-order valence-corrected chi connectivity index (χ4v) is 2.86. The second-order valence-corrected chi connectivity index (χ2v) is 6.86. The van der Waals surface area contributed by atoms with Gasteiger partial charge < -0.3 is 4.74 Å². The highest BCUT2D eigenvalue weighted by Crippen LogP contribution is 2.24. The van der Waals surface area contributed by atoms with Gasteiger partial charge in [-0.3, -0.25) is 9.59 Å². The summed E-state index contributed by atoms with van der Waals surface area (Å²) in [5, 5.41) is 0. The minimum absolute atomic E-state index is 0.0952. The molecule has 0 saturated heterocycles. The van der Waals surface area contributed by atoms with Crippen LogP contribution in [0.5, 0.6) is 0 Å². The predicted molar refractivity (Wildman–Crippen MR) is 93.8 cm³/mol. The van der Waals surface area contributed by atoms with E-state index in [4.69, 9.17) is 4.74 Å². The first-order valence-corrected chi connectivity index (χ1v) is 8.56. The van der Waals surface area contributed by atoms with Crippen molar-refractivity contribution in [1.82, 2.24) is 0 Å². The van der Waals surface area contributed by atoms with E-state index in [1.165, 1.54) is 0 Å². The molecular weight excluding hydrogens is 288 g/mol. The molecule has 0 radical (unpaired) electrons. The smallest absolute Gasteiger partial charge is 0.316 e. The molecule has 0 fully saturated rings. The topological polar surface area (TPSA) is 43.4 Å². The molecule has 128 valence electrons. The molecule has 0 aliphatic heterocycles. The summed E-state index contributed by atoms with van der Waals surface area (Å²) in [6, 6.07) is 3.99. The van der Waals surface area contributed by atoms with Crippen molar-refractivity contribution in [2.75, 3.05) is 6.61 Å². The van der Waals surface area contributed by atoms with E-state index < -0.39 is 5.92 Å². The number of ketones is 1. The average Bonchev–Trinajstić information content (AvgIpc) is 2.44. The molecule has 1 aromatic rings. The van der Waals surface area contributed by atoms with Gasteiger partial charge in [0, 0.05) is 5.56 Å². The molecule has 0 heterocycles. The van der Waals surface area contributed by atoms with Crippen LogP contribution in [-0.2, 0) is 9.53 Å². The number of ether oxygens (including phenoxy) is 1. The van der Waals surface area contributed by atoms with E-state index in [9.17, 15) is 9.59 Å². The Bertz CT molecular complexity index is 535. The highest BCUT2D eigenvalue weighted by molar-refractivity contribution is 6.10. The lowest BCUT2D eigenvalue weighted by Crippen LogP contribution is -2.28. The zero-order chi connectivity index (χ0) is 17.6. The Kier molecular flexibility index (Phi) is 7.47. The summed E-state index contributed by atoms with van der Waals surface area (Å²) in [5.41, 5.74) is 3.68. The number of hydrogen-bond acceptors (Lipinski definition) is 3. The second kappa shape index (κ2) is 8.85. The average molecular weight is 318 g/mol. The van der Waals surface area contributed by atoms with Gasteiger partial charge in [-0.2, -0.15) is 0 Å². The van der Waals surface area contributed by atoms with Gasteiger partial charge in [0.2, 0.25) is 0 Å². The summed E-state index contributed by atoms with van der Waals surface area (Å²) in [7, 11) is 0. The monoisotopic (exact) mass is 318 g/mol. The molecular formula is C20H30O3. The third-order valence-electron chi connectivity index (χ3n) is 3.93. The fourth-order valence-electron chi connectivity index (χ4n) is 2.86. The van der Waals surface area contributed by atoms with Crippen LogP contribution in [0.1, 0.15) is 67.1 Å². The number of rotatable bonds is 8. The van der Waals surface area contributed by atoms with Crippen LogP contribution in [-0.4, -0.2) is 18.4 Å². The standard InChI is InChI=1S/C20H30O3/c1-7-8-9-17(20(22)23-12-13(2)3)19(21)18-15(5)10-14(4)11-16(18)6/h10-11,13,17H,7-9,12H2,1-6H3. The van der Waals surface area contributed by atoms with Crippen molar-refractivity contribution in [3.05, 3.63) is 34.4 Å². The van der Waals surface area contributed by atoms with Crippen molar-refractivity contribution in [2.24, 2.45) is 11.8 Å². The molecule has 23 heavy (non-hydrogen) atoms. The molecule has 0 bridgehead atoms. The van der Waals surface area contributed by atoms with Crippen molar-refractivity contribution in [3.63, 3.8) is 0 Å². The van der Waals surface area contributed by atoms with E-state index in [-0.39, 0.29) is 17.7 Å². The van der Waals surface area contributed by atoms with Gasteiger partial charge >= 0.3 is 5.97 Å². The SMILES string of the molecule is CCCCC(C(=O)OCC(C)C)C(=O)c1c(C)cc(C)cc1C. The molecule has 1 rings (SSSR count). The second-order valence-electron chi connectivity index (χ2n) is 6.86. The van der Waals surface area contributed by atoms with Gasteiger partial charge in [0.05, 0.1) is 6.61 Å². The van der Waals surface area contributed by atoms with E-state index in [1.807, 2.05) is 46.8 Å². The number of hydrogen-bond donors (Lipinski definition) is 0. The van der Waals surface area contributed by atoms with Crippen LogP contribution in [0, 0.1) is 32.6 Å². The van der Waals surface area contributed by atoms with Crippen molar-refractivity contribution in [2.45, 2.75) is 60.8 Å². The maximum absolute atomic E-state index is 13.0. The van der Waals surface area contributed by atoms with Gasteiger partial charge in [-0.15, -0.1) is 0 Å². The lowest BCUT2D eigenvalue weighted by molar-refractivity contribution is -0.148. The minimum atomic E-state index is -0.686. The van der Waals surface area contributed by atoms with Gasteiger partial charge in [-0.25, -0.2) is 0 Å². The fraction of sp³-hybridized carbons (Fsp3) is 0.600. The van der Waals surface area contributed by atoms with Crippen LogP contribution >= 0.6 is 0 Å². The maximum atomic E-state index is 13.0. The first kappa shape index (κ1) is 19.4. The summed E-state index contributed by atoms with van der Waals surface area (Å²) >= 11 is 0. The number of benzene rings is 1. The first-order valence-electron chi connectivity index (χ1n) is 8.56. The molecule has 3 heteroatoms. The van der Waals surface area contributed by atoms with Crippen molar-refractivity contribution < 1.29 is 14.3 Å². The lowest BCUT2D eigenvalue weighted by atomic mass is 9.87. The molecule has 1 unspecified atom stereocenters. The molecule has 0 saturated carbocycles. The van der Waals surface area contributed by atoms with Crippen LogP contribution in [0.15, 0.2) is 12.1 Å². The minimum Gasteiger partial charge on any atom is -0.465 e. The van der Waals surface area contributed by atoms with Crippen LogP contribution in [0.3, 0.4) is 0 Å². The van der Waals surface area contributed by atoms with Gasteiger partial charge in [0.25, 0.3) is 0 Å². The van der Waals surface area contributed by atoms with Crippen molar-refractivity contribution >= 4 is 11.8 Å². The van der Waals surface area contributed by atoms with E-state index in [2.05, 4.69) is 6.92 Å². The van der Waals surface area contributed by atoms with Crippen LogP contribution in [0.2, 0.25) is 0 Å². The Morgan fingerprint density at radius 3 is 2.13 bits per heavy atom. The Morgan fingerprint density at radius 2 is 1.65 bits per heavy atom. The number of Topliss-reactive ketones (excluding diaryl/α,β-unsaturated/α-hetero) is 1. The lowest BCUT2D eigenvalue weighted by Gasteiger charge is -2.18. The molecule has 0 aromatic heterocycles. The summed E-state index contributed by atoms with van der Waals surface area (Å²) in [6.07, 6.45) is 2.35. The summed E-state index contributed by atoms with van der Waals surface area (Å²) < 4.78 is 5.35. The van der Waals surface area contributed by atoms with Crippen LogP contribution < -0.4 is 0 Å². The Labute approximate surface area is 140 Å². The predicted octanol–water partition coefficient (Wildman–Crippen LogP) is 4.80. The zero-order valence-corrected chi connectivity index (χ0v) is 15.4. The molecule has 0 aliphatic carbocycles. The molecule has 0 N–H and O–H groups in total. The highest BCUT2D eigenvalue weighted by atomic mass is 16.5. The van der Waals surface area contributed by atoms with Gasteiger partial charge in [-0.05, 0) is 44.2 Å². The number of carbonyl (C=O) groups excluding carboxylic acids is 2. The maximum Gasteiger partial charge on any atom is 0.316 e. The van der Waals surface area contributed by atoms with E-state index in [0.29, 0.717) is 18.6 Å². The third-order valence-corrected chi connectivity index (χ3v) is 3.93. The highest BCUT2D eigenvalue weighted by Gasteiger charge is 2.30.